The Morgan fingerprint density at radius 3 is 2.70 bits per heavy atom. The molecule has 2 nitrogen and oxygen atoms in total. The third kappa shape index (κ3) is 1.87. The lowest BCUT2D eigenvalue weighted by atomic mass is 10.2. The van der Waals surface area contributed by atoms with Gasteiger partial charge in [-0.2, -0.15) is 0 Å². The molecule has 0 radical (unpaired) electrons. The molecule has 1 fully saturated rings. The summed E-state index contributed by atoms with van der Waals surface area (Å²) in [6, 6.07) is 0.331. The van der Waals surface area contributed by atoms with Crippen LogP contribution in [0.15, 0.2) is 0 Å². The molecular formula is C7H15NOS. The number of aliphatic hydroxyl groups is 1. The molecule has 1 aliphatic heterocycles. The van der Waals surface area contributed by atoms with Crippen LogP contribution in [0.3, 0.4) is 0 Å². The van der Waals surface area contributed by atoms with E-state index in [0.29, 0.717) is 17.3 Å². The van der Waals surface area contributed by atoms with Gasteiger partial charge in [0.15, 0.2) is 0 Å². The average Bonchev–Trinajstić information content (AvgIpc) is 2.34. The first kappa shape index (κ1) is 8.37. The molecule has 1 heterocycles. The molecule has 0 unspecified atom stereocenters. The minimum absolute atomic E-state index is 0.274. The van der Waals surface area contributed by atoms with Gasteiger partial charge < -0.3 is 5.11 Å². The van der Waals surface area contributed by atoms with E-state index in [4.69, 9.17) is 5.11 Å². The molecule has 10 heavy (non-hydrogen) atoms. The molecule has 3 heteroatoms. The Kier molecular flexibility index (Phi) is 3.01. The zero-order valence-corrected chi connectivity index (χ0v) is 7.32. The maximum absolute atomic E-state index is 8.79. The smallest absolute Gasteiger partial charge is 0.0593 e. The number of hydrogen-bond donors (Lipinski definition) is 2. The zero-order chi connectivity index (χ0) is 7.56. The van der Waals surface area contributed by atoms with Crippen molar-refractivity contribution < 1.29 is 5.11 Å². The first-order valence-electron chi connectivity index (χ1n) is 3.72. The van der Waals surface area contributed by atoms with Crippen molar-refractivity contribution in [3.63, 3.8) is 0 Å². The van der Waals surface area contributed by atoms with Gasteiger partial charge in [-0.1, -0.05) is 13.8 Å². The van der Waals surface area contributed by atoms with Crippen molar-refractivity contribution in [3.05, 3.63) is 0 Å². The fourth-order valence-corrected chi connectivity index (χ4v) is 2.35. The SMILES string of the molecule is CC(C)[C@H]1N[C@H](CO)CS1. The second-order valence-corrected chi connectivity index (χ2v) is 4.22. The van der Waals surface area contributed by atoms with Gasteiger partial charge in [-0.15, -0.1) is 11.8 Å². The number of nitrogens with one attached hydrogen (secondary N) is 1. The summed E-state index contributed by atoms with van der Waals surface area (Å²) in [4.78, 5) is 0. The van der Waals surface area contributed by atoms with Gasteiger partial charge in [0.05, 0.1) is 12.0 Å². The van der Waals surface area contributed by atoms with Crippen LogP contribution in [0.4, 0.5) is 0 Å². The van der Waals surface area contributed by atoms with Crippen molar-refractivity contribution in [1.29, 1.82) is 0 Å². The second kappa shape index (κ2) is 3.60. The van der Waals surface area contributed by atoms with Crippen LogP contribution in [0.5, 0.6) is 0 Å². The van der Waals surface area contributed by atoms with Gasteiger partial charge >= 0.3 is 0 Å². The predicted octanol–water partition coefficient (Wildman–Crippen LogP) is 0.666. The minimum atomic E-state index is 0.274. The molecule has 1 saturated heterocycles. The first-order chi connectivity index (χ1) is 4.74. The molecule has 0 aromatic rings. The molecular weight excluding hydrogens is 146 g/mol. The Bertz CT molecular complexity index is 108. The normalized spacial score (nSPS) is 33.6. The Morgan fingerprint density at radius 1 is 1.70 bits per heavy atom. The summed E-state index contributed by atoms with van der Waals surface area (Å²) in [5, 5.41) is 12.7. The molecule has 0 saturated carbocycles. The van der Waals surface area contributed by atoms with Gasteiger partial charge in [0.2, 0.25) is 0 Å². The van der Waals surface area contributed by atoms with Crippen LogP contribution in [-0.2, 0) is 0 Å². The zero-order valence-electron chi connectivity index (χ0n) is 6.50. The summed E-state index contributed by atoms with van der Waals surface area (Å²) >= 11 is 1.91. The monoisotopic (exact) mass is 161 g/mol. The second-order valence-electron chi connectivity index (χ2n) is 3.04. The van der Waals surface area contributed by atoms with Crippen molar-refractivity contribution in [3.8, 4) is 0 Å². The van der Waals surface area contributed by atoms with Gasteiger partial charge in [0.1, 0.15) is 0 Å². The lowest BCUT2D eigenvalue weighted by Crippen LogP contribution is -2.35. The van der Waals surface area contributed by atoms with Gasteiger partial charge in [-0.05, 0) is 5.92 Å². The fraction of sp³-hybridized carbons (Fsp3) is 1.00. The molecule has 0 aliphatic carbocycles. The van der Waals surface area contributed by atoms with Crippen molar-refractivity contribution in [2.24, 2.45) is 5.92 Å². The lowest BCUT2D eigenvalue weighted by molar-refractivity contribution is 0.253. The maximum atomic E-state index is 8.79. The van der Waals surface area contributed by atoms with E-state index in [0.717, 1.165) is 5.75 Å². The summed E-state index contributed by atoms with van der Waals surface area (Å²) in [6.45, 7) is 4.67. The van der Waals surface area contributed by atoms with Crippen molar-refractivity contribution >= 4 is 11.8 Å². The van der Waals surface area contributed by atoms with Crippen molar-refractivity contribution in [2.45, 2.75) is 25.3 Å². The summed E-state index contributed by atoms with van der Waals surface area (Å²) in [6.07, 6.45) is 0. The van der Waals surface area contributed by atoms with Gasteiger partial charge in [-0.25, -0.2) is 0 Å². The summed E-state index contributed by atoms with van der Waals surface area (Å²) < 4.78 is 0. The van der Waals surface area contributed by atoms with Gasteiger partial charge in [0, 0.05) is 11.8 Å². The summed E-state index contributed by atoms with van der Waals surface area (Å²) in [5.41, 5.74) is 0. The Balaban J connectivity index is 2.28. The Hall–Kier alpha value is 0.270. The first-order valence-corrected chi connectivity index (χ1v) is 4.77. The highest BCUT2D eigenvalue weighted by Gasteiger charge is 2.25. The van der Waals surface area contributed by atoms with Crippen molar-refractivity contribution in [2.75, 3.05) is 12.4 Å². The minimum Gasteiger partial charge on any atom is -0.395 e. The van der Waals surface area contributed by atoms with E-state index in [1.165, 1.54) is 0 Å². The molecule has 1 rings (SSSR count). The summed E-state index contributed by atoms with van der Waals surface area (Å²) in [5.74, 6) is 1.72. The molecule has 60 valence electrons. The van der Waals surface area contributed by atoms with E-state index in [1.54, 1.807) is 0 Å². The Labute approximate surface area is 66.4 Å². The molecule has 2 atom stereocenters. The number of thioether (sulfide) groups is 1. The van der Waals surface area contributed by atoms with Gasteiger partial charge in [0.25, 0.3) is 0 Å². The lowest BCUT2D eigenvalue weighted by Gasteiger charge is -2.14. The van der Waals surface area contributed by atoms with Crippen LogP contribution in [0.1, 0.15) is 13.8 Å². The van der Waals surface area contributed by atoms with Crippen LogP contribution in [0, 0.1) is 5.92 Å². The van der Waals surface area contributed by atoms with E-state index in [2.05, 4.69) is 19.2 Å². The highest BCUT2D eigenvalue weighted by molar-refractivity contribution is 8.00. The van der Waals surface area contributed by atoms with E-state index in [1.807, 2.05) is 11.8 Å². The van der Waals surface area contributed by atoms with Crippen LogP contribution in [0.2, 0.25) is 0 Å². The third-order valence-corrected chi connectivity index (χ3v) is 3.34. The van der Waals surface area contributed by atoms with Crippen LogP contribution in [-0.4, -0.2) is 28.9 Å². The average molecular weight is 161 g/mol. The van der Waals surface area contributed by atoms with E-state index in [-0.39, 0.29) is 6.61 Å². The van der Waals surface area contributed by atoms with Crippen LogP contribution < -0.4 is 5.32 Å². The standard InChI is InChI=1S/C7H15NOS/c1-5(2)7-8-6(3-9)4-10-7/h5-9H,3-4H2,1-2H3/t6-,7+/m1/s1. The number of aliphatic hydroxyl groups excluding tert-OH is 1. The van der Waals surface area contributed by atoms with E-state index < -0.39 is 0 Å². The number of hydrogen-bond acceptors (Lipinski definition) is 3. The van der Waals surface area contributed by atoms with Gasteiger partial charge in [-0.3, -0.25) is 5.32 Å². The highest BCUT2D eigenvalue weighted by atomic mass is 32.2. The molecule has 0 spiro atoms. The van der Waals surface area contributed by atoms with Crippen LogP contribution >= 0.6 is 11.8 Å². The van der Waals surface area contributed by atoms with Crippen molar-refractivity contribution in [1.82, 2.24) is 5.32 Å². The quantitative estimate of drug-likeness (QED) is 0.624. The molecule has 0 amide bonds. The van der Waals surface area contributed by atoms with E-state index in [9.17, 15) is 0 Å². The van der Waals surface area contributed by atoms with E-state index >= 15 is 0 Å². The molecule has 1 aliphatic rings. The third-order valence-electron chi connectivity index (χ3n) is 1.70. The molecule has 0 aromatic heterocycles. The molecule has 0 bridgehead atoms. The Morgan fingerprint density at radius 2 is 2.40 bits per heavy atom. The topological polar surface area (TPSA) is 32.3 Å². The largest absolute Gasteiger partial charge is 0.395 e. The van der Waals surface area contributed by atoms with Crippen LogP contribution in [0.25, 0.3) is 0 Å². The predicted molar refractivity (Wildman–Crippen MR) is 45.1 cm³/mol. The number of rotatable bonds is 2. The molecule has 2 N–H and O–H groups in total. The molecule has 0 aromatic carbocycles. The highest BCUT2D eigenvalue weighted by Crippen LogP contribution is 2.24. The maximum Gasteiger partial charge on any atom is 0.0593 e. The fourth-order valence-electron chi connectivity index (χ4n) is 1.04. The summed E-state index contributed by atoms with van der Waals surface area (Å²) in [7, 11) is 0.